The van der Waals surface area contributed by atoms with Crippen molar-refractivity contribution in [3.05, 3.63) is 88.0 Å². The lowest BCUT2D eigenvalue weighted by Gasteiger charge is -2.11. The first kappa shape index (κ1) is 20.0. The third kappa shape index (κ3) is 3.64. The Morgan fingerprint density at radius 1 is 1.20 bits per heavy atom. The number of amides is 1. The van der Waals surface area contributed by atoms with Crippen LogP contribution in [0.5, 0.6) is 11.6 Å². The van der Waals surface area contributed by atoms with Crippen molar-refractivity contribution in [1.29, 1.82) is 0 Å². The van der Waals surface area contributed by atoms with Gasteiger partial charge >= 0.3 is 0 Å². The van der Waals surface area contributed by atoms with Crippen LogP contribution in [0.3, 0.4) is 0 Å². The lowest BCUT2D eigenvalue weighted by Crippen LogP contribution is -2.28. The van der Waals surface area contributed by atoms with Crippen molar-refractivity contribution in [2.24, 2.45) is 0 Å². The number of thioether (sulfide) groups is 1. The van der Waals surface area contributed by atoms with Gasteiger partial charge in [0.15, 0.2) is 11.6 Å². The number of ether oxygens (including phenoxy) is 1. The molecule has 1 aromatic carbocycles. The summed E-state index contributed by atoms with van der Waals surface area (Å²) < 4.78 is 21.5. The number of carbonyl (C=O) groups excluding carboxylic acids is 1. The second kappa shape index (κ2) is 8.21. The van der Waals surface area contributed by atoms with E-state index in [0.29, 0.717) is 9.97 Å². The summed E-state index contributed by atoms with van der Waals surface area (Å²) in [6.07, 6.45) is 4.50. The molecule has 4 rings (SSSR count). The number of rotatable bonds is 5. The fraction of sp³-hybridized carbons (Fsp3) is 0.0476. The van der Waals surface area contributed by atoms with Gasteiger partial charge in [0, 0.05) is 12.7 Å². The average molecular weight is 439 g/mol. The summed E-state index contributed by atoms with van der Waals surface area (Å²) in [6, 6.07) is 10.8. The predicted octanol–water partition coefficient (Wildman–Crippen LogP) is 4.01. The molecule has 2 aromatic heterocycles. The molecule has 1 saturated heterocycles. The summed E-state index contributed by atoms with van der Waals surface area (Å²) in [6.45, 7) is 3.88. The molecule has 0 aliphatic carbocycles. The first-order valence-corrected chi connectivity index (χ1v) is 10.0. The van der Waals surface area contributed by atoms with Crippen LogP contribution in [0.2, 0.25) is 0 Å². The van der Waals surface area contributed by atoms with Gasteiger partial charge in [-0.05, 0) is 30.3 Å². The fourth-order valence-corrected chi connectivity index (χ4v) is 4.09. The van der Waals surface area contributed by atoms with Crippen molar-refractivity contribution in [2.45, 2.75) is 0 Å². The van der Waals surface area contributed by atoms with Gasteiger partial charge < -0.3 is 4.74 Å². The van der Waals surface area contributed by atoms with Crippen molar-refractivity contribution in [2.75, 3.05) is 6.54 Å². The van der Waals surface area contributed by atoms with E-state index in [1.165, 1.54) is 33.6 Å². The molecule has 0 spiro atoms. The summed E-state index contributed by atoms with van der Waals surface area (Å²) in [5, 5.41) is 0. The number of aromatic nitrogens is 2. The maximum Gasteiger partial charge on any atom is 0.269 e. The minimum absolute atomic E-state index is 0.0149. The van der Waals surface area contributed by atoms with Gasteiger partial charge in [-0.3, -0.25) is 18.9 Å². The predicted molar refractivity (Wildman–Crippen MR) is 118 cm³/mol. The van der Waals surface area contributed by atoms with Gasteiger partial charge in [0.1, 0.15) is 15.5 Å². The number of nitrogens with zero attached hydrogens (tertiary/aromatic N) is 3. The van der Waals surface area contributed by atoms with E-state index in [0.717, 1.165) is 11.8 Å². The molecular weight excluding hydrogens is 425 g/mol. The van der Waals surface area contributed by atoms with Gasteiger partial charge in [-0.25, -0.2) is 4.39 Å². The molecule has 1 aliphatic rings. The Balaban J connectivity index is 1.88. The smallest absolute Gasteiger partial charge is 0.269 e. The molecule has 0 N–H and O–H groups in total. The van der Waals surface area contributed by atoms with E-state index >= 15 is 0 Å². The van der Waals surface area contributed by atoms with Crippen molar-refractivity contribution >= 4 is 45.9 Å². The van der Waals surface area contributed by atoms with Crippen LogP contribution in [0.15, 0.2) is 71.0 Å². The van der Waals surface area contributed by atoms with Crippen LogP contribution in [-0.2, 0) is 4.79 Å². The number of thiocarbonyl (C=S) groups is 1. The number of hydrogen-bond donors (Lipinski definition) is 0. The van der Waals surface area contributed by atoms with Crippen LogP contribution in [0.1, 0.15) is 5.56 Å². The SMILES string of the molecule is C=CCN1C(=O)/C(=C\c2c(Oc3ccccc3F)nc3ccccn3c2=O)SC1=S. The third-order valence-corrected chi connectivity index (χ3v) is 5.62. The van der Waals surface area contributed by atoms with Gasteiger partial charge in [0.05, 0.1) is 4.91 Å². The zero-order chi connectivity index (χ0) is 21.3. The molecule has 0 radical (unpaired) electrons. The molecule has 0 saturated carbocycles. The number of hydrogen-bond acceptors (Lipinski definition) is 6. The van der Waals surface area contributed by atoms with Crippen LogP contribution < -0.4 is 10.3 Å². The monoisotopic (exact) mass is 439 g/mol. The number of para-hydroxylation sites is 1. The summed E-state index contributed by atoms with van der Waals surface area (Å²) in [4.78, 5) is 31.8. The van der Waals surface area contributed by atoms with Gasteiger partial charge in [-0.1, -0.05) is 48.3 Å². The Morgan fingerprint density at radius 2 is 1.97 bits per heavy atom. The van der Waals surface area contributed by atoms with E-state index in [2.05, 4.69) is 11.6 Å². The second-order valence-corrected chi connectivity index (χ2v) is 7.85. The van der Waals surface area contributed by atoms with Gasteiger partial charge in [-0.15, -0.1) is 6.58 Å². The second-order valence-electron chi connectivity index (χ2n) is 6.18. The van der Waals surface area contributed by atoms with Gasteiger partial charge in [0.25, 0.3) is 11.5 Å². The van der Waals surface area contributed by atoms with Crippen molar-refractivity contribution in [3.8, 4) is 11.6 Å². The third-order valence-electron chi connectivity index (χ3n) is 4.24. The van der Waals surface area contributed by atoms with Crippen LogP contribution in [0.25, 0.3) is 11.7 Å². The maximum atomic E-state index is 14.1. The van der Waals surface area contributed by atoms with Gasteiger partial charge in [0.2, 0.25) is 5.88 Å². The van der Waals surface area contributed by atoms with Crippen LogP contribution >= 0.6 is 24.0 Å². The topological polar surface area (TPSA) is 63.9 Å². The zero-order valence-electron chi connectivity index (χ0n) is 15.4. The Labute approximate surface area is 180 Å². The number of benzene rings is 1. The lowest BCUT2D eigenvalue weighted by atomic mass is 10.2. The highest BCUT2D eigenvalue weighted by atomic mass is 32.2. The average Bonchev–Trinajstić information content (AvgIpc) is 3.00. The largest absolute Gasteiger partial charge is 0.435 e. The molecule has 0 atom stereocenters. The molecule has 1 fully saturated rings. The van der Waals surface area contributed by atoms with E-state index in [9.17, 15) is 14.0 Å². The van der Waals surface area contributed by atoms with Crippen molar-refractivity contribution in [3.63, 3.8) is 0 Å². The van der Waals surface area contributed by atoms with Crippen LogP contribution in [0, 0.1) is 5.82 Å². The van der Waals surface area contributed by atoms with E-state index < -0.39 is 11.4 Å². The molecule has 3 aromatic rings. The summed E-state index contributed by atoms with van der Waals surface area (Å²) in [5.41, 5.74) is -0.118. The molecule has 30 heavy (non-hydrogen) atoms. The molecular formula is C21H14FN3O3S2. The van der Waals surface area contributed by atoms with Crippen LogP contribution in [0.4, 0.5) is 4.39 Å². The molecule has 0 bridgehead atoms. The number of carbonyl (C=O) groups is 1. The highest BCUT2D eigenvalue weighted by molar-refractivity contribution is 8.26. The van der Waals surface area contributed by atoms with E-state index in [4.69, 9.17) is 17.0 Å². The molecule has 150 valence electrons. The highest BCUT2D eigenvalue weighted by Crippen LogP contribution is 2.34. The Bertz CT molecular complexity index is 1290. The Morgan fingerprint density at radius 3 is 2.73 bits per heavy atom. The normalized spacial score (nSPS) is 15.2. The first-order chi connectivity index (χ1) is 14.5. The first-order valence-electron chi connectivity index (χ1n) is 8.79. The standard InChI is InChI=1S/C21H14FN3O3S2/c1-2-10-25-20(27)16(30-21(25)29)12-13-18(28-15-8-4-3-7-14(15)22)23-17-9-5-6-11-24(17)19(13)26/h2-9,11-12H,1,10H2/b16-12+. The molecule has 0 unspecified atom stereocenters. The number of fused-ring (bicyclic) bond motifs is 1. The highest BCUT2D eigenvalue weighted by Gasteiger charge is 2.32. The van der Waals surface area contributed by atoms with E-state index in [1.807, 2.05) is 0 Å². The van der Waals surface area contributed by atoms with E-state index in [1.54, 1.807) is 36.5 Å². The molecule has 3 heterocycles. The summed E-state index contributed by atoms with van der Waals surface area (Å²) in [5.74, 6) is -1.14. The minimum atomic E-state index is -0.601. The fourth-order valence-electron chi connectivity index (χ4n) is 2.83. The quantitative estimate of drug-likeness (QED) is 0.340. The lowest BCUT2D eigenvalue weighted by molar-refractivity contribution is -0.121. The van der Waals surface area contributed by atoms with Gasteiger partial charge in [-0.2, -0.15) is 4.98 Å². The summed E-state index contributed by atoms with van der Waals surface area (Å²) >= 11 is 6.31. The molecule has 1 amide bonds. The Kier molecular flexibility index (Phi) is 5.47. The zero-order valence-corrected chi connectivity index (χ0v) is 17.1. The molecule has 6 nitrogen and oxygen atoms in total. The number of pyridine rings is 1. The Hall–Kier alpha value is -3.30. The van der Waals surface area contributed by atoms with Crippen LogP contribution in [-0.4, -0.2) is 31.1 Å². The summed E-state index contributed by atoms with van der Waals surface area (Å²) in [7, 11) is 0. The van der Waals surface area contributed by atoms with Crippen molar-refractivity contribution < 1.29 is 13.9 Å². The maximum absolute atomic E-state index is 14.1. The minimum Gasteiger partial charge on any atom is -0.435 e. The van der Waals surface area contributed by atoms with E-state index in [-0.39, 0.29) is 34.6 Å². The molecule has 1 aliphatic heterocycles. The molecule has 9 heteroatoms. The number of halogens is 1. The van der Waals surface area contributed by atoms with Crippen molar-refractivity contribution in [1.82, 2.24) is 14.3 Å².